The first-order valence-electron chi connectivity index (χ1n) is 7.03. The minimum absolute atomic E-state index is 0.0625. The standard InChI is InChI=1S/C13H21N3O3S/c1-8(6-17)14-11(18)5-3-2-4-10-12-9(7-20-10)15-13(19)16-12/h6,8-10,12H,2-5,7H2,1H3,(H,14,18)(H2,15,16,19)/t8-,9-,10-,12-/m0/s1. The Balaban J connectivity index is 1.61. The van der Waals surface area contributed by atoms with Crippen molar-refractivity contribution in [2.45, 2.75) is 56.0 Å². The van der Waals surface area contributed by atoms with E-state index >= 15 is 0 Å². The molecule has 2 saturated heterocycles. The van der Waals surface area contributed by atoms with E-state index in [9.17, 15) is 14.4 Å². The van der Waals surface area contributed by atoms with Gasteiger partial charge in [0, 0.05) is 17.4 Å². The van der Waals surface area contributed by atoms with Gasteiger partial charge in [0.05, 0.1) is 18.1 Å². The molecule has 112 valence electrons. The molecule has 3 N–H and O–H groups in total. The number of hydrogen-bond donors (Lipinski definition) is 3. The number of unbranched alkanes of at least 4 members (excludes halogenated alkanes) is 1. The fraction of sp³-hybridized carbons (Fsp3) is 0.769. The lowest BCUT2D eigenvalue weighted by molar-refractivity contribution is -0.123. The van der Waals surface area contributed by atoms with Crippen LogP contribution in [-0.4, -0.2) is 47.4 Å². The van der Waals surface area contributed by atoms with E-state index in [0.717, 1.165) is 31.3 Å². The van der Waals surface area contributed by atoms with E-state index in [1.807, 2.05) is 11.8 Å². The molecular formula is C13H21N3O3S. The van der Waals surface area contributed by atoms with Crippen molar-refractivity contribution < 1.29 is 14.4 Å². The summed E-state index contributed by atoms with van der Waals surface area (Å²) in [5.41, 5.74) is 0. The van der Waals surface area contributed by atoms with Crippen LogP contribution in [0.3, 0.4) is 0 Å². The van der Waals surface area contributed by atoms with Gasteiger partial charge in [-0.2, -0.15) is 11.8 Å². The molecule has 0 unspecified atom stereocenters. The molecule has 7 heteroatoms. The zero-order valence-electron chi connectivity index (χ0n) is 11.6. The van der Waals surface area contributed by atoms with Crippen molar-refractivity contribution >= 4 is 30.0 Å². The summed E-state index contributed by atoms with van der Waals surface area (Å²) >= 11 is 1.89. The molecule has 0 aromatic rings. The lowest BCUT2D eigenvalue weighted by Crippen LogP contribution is -2.36. The normalized spacial score (nSPS) is 29.2. The smallest absolute Gasteiger partial charge is 0.315 e. The van der Waals surface area contributed by atoms with Crippen LogP contribution in [0.25, 0.3) is 0 Å². The second-order valence-electron chi connectivity index (χ2n) is 5.36. The van der Waals surface area contributed by atoms with Crippen molar-refractivity contribution in [1.82, 2.24) is 16.0 Å². The van der Waals surface area contributed by atoms with Crippen LogP contribution >= 0.6 is 11.8 Å². The fourth-order valence-corrected chi connectivity index (χ4v) is 4.18. The Hall–Kier alpha value is -1.24. The van der Waals surface area contributed by atoms with Crippen LogP contribution in [0.5, 0.6) is 0 Å². The van der Waals surface area contributed by atoms with Crippen molar-refractivity contribution in [3.05, 3.63) is 0 Å². The van der Waals surface area contributed by atoms with Gasteiger partial charge in [0.25, 0.3) is 0 Å². The first-order chi connectivity index (χ1) is 9.60. The highest BCUT2D eigenvalue weighted by Gasteiger charge is 2.42. The molecule has 20 heavy (non-hydrogen) atoms. The third-order valence-corrected chi connectivity index (χ3v) is 5.18. The number of amides is 3. The average Bonchev–Trinajstić information content (AvgIpc) is 2.94. The molecule has 0 bridgehead atoms. The second kappa shape index (κ2) is 6.97. The highest BCUT2D eigenvalue weighted by molar-refractivity contribution is 8.00. The summed E-state index contributed by atoms with van der Waals surface area (Å²) in [5.74, 6) is 0.892. The lowest BCUT2D eigenvalue weighted by atomic mass is 10.0. The summed E-state index contributed by atoms with van der Waals surface area (Å²) in [6.45, 7) is 1.66. The van der Waals surface area contributed by atoms with Crippen molar-refractivity contribution in [3.8, 4) is 0 Å². The van der Waals surface area contributed by atoms with E-state index in [4.69, 9.17) is 0 Å². The highest BCUT2D eigenvalue weighted by Crippen LogP contribution is 2.33. The number of carbonyl (C=O) groups excluding carboxylic acids is 3. The molecule has 0 radical (unpaired) electrons. The molecule has 2 rings (SSSR count). The predicted octanol–water partition coefficient (Wildman–Crippen LogP) is 0.416. The number of fused-ring (bicyclic) bond motifs is 1. The summed E-state index contributed by atoms with van der Waals surface area (Å²) in [6.07, 6.45) is 3.95. The van der Waals surface area contributed by atoms with Gasteiger partial charge in [-0.3, -0.25) is 4.79 Å². The Morgan fingerprint density at radius 1 is 1.50 bits per heavy atom. The van der Waals surface area contributed by atoms with Gasteiger partial charge in [0.1, 0.15) is 6.29 Å². The number of urea groups is 1. The molecule has 0 aromatic carbocycles. The molecular weight excluding hydrogens is 278 g/mol. The summed E-state index contributed by atoms with van der Waals surface area (Å²) < 4.78 is 0. The van der Waals surface area contributed by atoms with Gasteiger partial charge < -0.3 is 20.7 Å². The second-order valence-corrected chi connectivity index (χ2v) is 6.63. The number of nitrogens with one attached hydrogen (secondary N) is 3. The largest absolute Gasteiger partial charge is 0.347 e. The van der Waals surface area contributed by atoms with E-state index in [1.54, 1.807) is 6.92 Å². The molecule has 6 nitrogen and oxygen atoms in total. The van der Waals surface area contributed by atoms with E-state index in [-0.39, 0.29) is 24.0 Å². The third-order valence-electron chi connectivity index (χ3n) is 3.67. The zero-order valence-corrected chi connectivity index (χ0v) is 12.4. The lowest BCUT2D eigenvalue weighted by Gasteiger charge is -2.16. The number of thioether (sulfide) groups is 1. The SMILES string of the molecule is C[C@@H](C=O)NC(=O)CCCC[C@@H]1SC[C@@H]2NC(=O)N[C@@H]21. The van der Waals surface area contributed by atoms with Crippen LogP contribution < -0.4 is 16.0 Å². The Kier molecular flexibility index (Phi) is 5.28. The molecule has 0 saturated carbocycles. The Morgan fingerprint density at radius 2 is 2.30 bits per heavy atom. The van der Waals surface area contributed by atoms with Crippen molar-refractivity contribution in [3.63, 3.8) is 0 Å². The summed E-state index contributed by atoms with van der Waals surface area (Å²) in [5, 5.41) is 8.94. The van der Waals surface area contributed by atoms with E-state index in [1.165, 1.54) is 0 Å². The maximum absolute atomic E-state index is 11.5. The van der Waals surface area contributed by atoms with Crippen LogP contribution in [0.2, 0.25) is 0 Å². The maximum atomic E-state index is 11.5. The maximum Gasteiger partial charge on any atom is 0.315 e. The average molecular weight is 299 g/mol. The first kappa shape index (κ1) is 15.2. The van der Waals surface area contributed by atoms with Crippen molar-refractivity contribution in [2.75, 3.05) is 5.75 Å². The number of hydrogen-bond acceptors (Lipinski definition) is 4. The van der Waals surface area contributed by atoms with Gasteiger partial charge in [-0.15, -0.1) is 0 Å². The molecule has 4 atom stereocenters. The van der Waals surface area contributed by atoms with E-state index in [0.29, 0.717) is 11.7 Å². The molecule has 2 heterocycles. The van der Waals surface area contributed by atoms with Gasteiger partial charge in [0.15, 0.2) is 0 Å². The number of rotatable bonds is 7. The van der Waals surface area contributed by atoms with E-state index in [2.05, 4.69) is 16.0 Å². The number of aldehydes is 1. The Morgan fingerprint density at radius 3 is 3.05 bits per heavy atom. The van der Waals surface area contributed by atoms with Gasteiger partial charge in [-0.05, 0) is 19.8 Å². The van der Waals surface area contributed by atoms with Crippen LogP contribution in [0.1, 0.15) is 32.6 Å². The summed E-state index contributed by atoms with van der Waals surface area (Å²) in [7, 11) is 0. The topological polar surface area (TPSA) is 87.3 Å². The van der Waals surface area contributed by atoms with Gasteiger partial charge in [-0.1, -0.05) is 6.42 Å². The Labute approximate surface area is 122 Å². The van der Waals surface area contributed by atoms with Crippen LogP contribution in [0.15, 0.2) is 0 Å². The van der Waals surface area contributed by atoms with Crippen molar-refractivity contribution in [2.24, 2.45) is 0 Å². The number of carbonyl (C=O) groups is 3. The van der Waals surface area contributed by atoms with Crippen LogP contribution in [0, 0.1) is 0 Å². The molecule has 2 aliphatic heterocycles. The minimum Gasteiger partial charge on any atom is -0.347 e. The molecule has 2 aliphatic rings. The Bertz CT molecular complexity index is 391. The van der Waals surface area contributed by atoms with E-state index < -0.39 is 6.04 Å². The first-order valence-corrected chi connectivity index (χ1v) is 8.08. The van der Waals surface area contributed by atoms with Gasteiger partial charge in [-0.25, -0.2) is 4.79 Å². The quantitative estimate of drug-likeness (QED) is 0.361. The molecule has 0 spiro atoms. The third kappa shape index (κ3) is 3.88. The molecule has 0 aliphatic carbocycles. The van der Waals surface area contributed by atoms with Crippen LogP contribution in [-0.2, 0) is 9.59 Å². The summed E-state index contributed by atoms with van der Waals surface area (Å²) in [4.78, 5) is 33.2. The van der Waals surface area contributed by atoms with Crippen molar-refractivity contribution in [1.29, 1.82) is 0 Å². The molecule has 3 amide bonds. The van der Waals surface area contributed by atoms with Gasteiger partial charge in [0.2, 0.25) is 5.91 Å². The van der Waals surface area contributed by atoms with Gasteiger partial charge >= 0.3 is 6.03 Å². The summed E-state index contributed by atoms with van der Waals surface area (Å²) in [6, 6.07) is 0.0200. The minimum atomic E-state index is -0.409. The predicted molar refractivity (Wildman–Crippen MR) is 77.6 cm³/mol. The molecule has 2 fully saturated rings. The molecule has 0 aromatic heterocycles. The fourth-order valence-electron chi connectivity index (χ4n) is 2.63. The monoisotopic (exact) mass is 299 g/mol. The highest BCUT2D eigenvalue weighted by atomic mass is 32.2. The van der Waals surface area contributed by atoms with Crippen LogP contribution in [0.4, 0.5) is 4.79 Å². The zero-order chi connectivity index (χ0) is 14.5.